The molecule has 0 unspecified atom stereocenters. The Kier molecular flexibility index (Phi) is 3.48. The molecular formula is C12H14BrN5O. The smallest absolute Gasteiger partial charge is 0.298 e. The van der Waals surface area contributed by atoms with E-state index in [4.69, 9.17) is 0 Å². The van der Waals surface area contributed by atoms with Crippen molar-refractivity contribution in [3.05, 3.63) is 45.8 Å². The van der Waals surface area contributed by atoms with Gasteiger partial charge >= 0.3 is 5.69 Å². The van der Waals surface area contributed by atoms with Gasteiger partial charge in [0.2, 0.25) is 0 Å². The molecule has 1 aliphatic rings. The largest absolute Gasteiger partial charge is 0.347 e. The van der Waals surface area contributed by atoms with E-state index < -0.39 is 0 Å². The fourth-order valence-corrected chi connectivity index (χ4v) is 2.51. The quantitative estimate of drug-likeness (QED) is 0.833. The number of aromatic nitrogens is 4. The molecule has 0 bridgehead atoms. The molecule has 0 amide bonds. The zero-order valence-electron chi connectivity index (χ0n) is 10.3. The van der Waals surface area contributed by atoms with Gasteiger partial charge < -0.3 is 0 Å². The second-order valence-electron chi connectivity index (χ2n) is 4.65. The summed E-state index contributed by atoms with van der Waals surface area (Å²) >= 11 is 3.40. The van der Waals surface area contributed by atoms with Crippen LogP contribution in [0.3, 0.4) is 0 Å². The minimum Gasteiger partial charge on any atom is -0.298 e. The number of hydrogen-bond acceptors (Lipinski definition) is 4. The topological polar surface area (TPSA) is 56.0 Å². The van der Waals surface area contributed by atoms with Crippen LogP contribution in [0.25, 0.3) is 0 Å². The van der Waals surface area contributed by atoms with Crippen molar-refractivity contribution in [3.8, 4) is 0 Å². The molecular weight excluding hydrogens is 310 g/mol. The zero-order chi connectivity index (χ0) is 13.2. The Morgan fingerprint density at radius 3 is 2.89 bits per heavy atom. The molecule has 0 N–H and O–H groups in total. The van der Waals surface area contributed by atoms with Gasteiger partial charge in [0.05, 0.1) is 16.7 Å². The van der Waals surface area contributed by atoms with Crippen LogP contribution in [0.5, 0.6) is 0 Å². The van der Waals surface area contributed by atoms with Crippen molar-refractivity contribution in [1.29, 1.82) is 0 Å². The van der Waals surface area contributed by atoms with Crippen molar-refractivity contribution in [2.45, 2.75) is 12.6 Å². The fourth-order valence-electron chi connectivity index (χ4n) is 2.21. The van der Waals surface area contributed by atoms with E-state index in [1.807, 2.05) is 10.9 Å². The highest BCUT2D eigenvalue weighted by Crippen LogP contribution is 2.21. The van der Waals surface area contributed by atoms with Crippen molar-refractivity contribution < 1.29 is 0 Å². The molecule has 0 atom stereocenters. The minimum absolute atomic E-state index is 0.185. The number of likely N-dealkylation sites (tertiary alicyclic amines) is 1. The lowest BCUT2D eigenvalue weighted by atomic mass is 10.1. The van der Waals surface area contributed by atoms with Crippen LogP contribution in [0, 0.1) is 0 Å². The van der Waals surface area contributed by atoms with Gasteiger partial charge in [-0.2, -0.15) is 5.10 Å². The van der Waals surface area contributed by atoms with E-state index >= 15 is 0 Å². The Bertz CT molecular complexity index is 616. The zero-order valence-corrected chi connectivity index (χ0v) is 11.9. The van der Waals surface area contributed by atoms with Crippen LogP contribution in [0.4, 0.5) is 0 Å². The van der Waals surface area contributed by atoms with Crippen molar-refractivity contribution in [2.24, 2.45) is 0 Å². The first-order valence-corrected chi connectivity index (χ1v) is 6.95. The van der Waals surface area contributed by atoms with E-state index in [9.17, 15) is 4.79 Å². The first kappa shape index (κ1) is 12.6. The third-order valence-corrected chi connectivity index (χ3v) is 3.73. The van der Waals surface area contributed by atoms with E-state index in [2.05, 4.69) is 30.9 Å². The maximum atomic E-state index is 11.4. The summed E-state index contributed by atoms with van der Waals surface area (Å²) in [5, 5.41) is 4.28. The van der Waals surface area contributed by atoms with Gasteiger partial charge in [0.1, 0.15) is 0 Å². The molecule has 2 aromatic heterocycles. The van der Waals surface area contributed by atoms with Gasteiger partial charge in [-0.3, -0.25) is 14.1 Å². The summed E-state index contributed by atoms with van der Waals surface area (Å²) in [6.45, 7) is 3.50. The Morgan fingerprint density at radius 2 is 2.21 bits per heavy atom. The minimum atomic E-state index is -0.185. The Labute approximate surface area is 118 Å². The standard InChI is InChI=1S/C12H14BrN5O/c13-10-6-15-18(7-10)11-8-16(9-11)4-5-17-3-1-2-14-12(17)19/h1-3,6-7,11H,4-5,8-9H2. The molecule has 1 aliphatic heterocycles. The summed E-state index contributed by atoms with van der Waals surface area (Å²) in [6.07, 6.45) is 7.09. The lowest BCUT2D eigenvalue weighted by Crippen LogP contribution is -2.49. The highest BCUT2D eigenvalue weighted by molar-refractivity contribution is 9.10. The highest BCUT2D eigenvalue weighted by atomic mass is 79.9. The first-order valence-electron chi connectivity index (χ1n) is 6.16. The summed E-state index contributed by atoms with van der Waals surface area (Å²) in [4.78, 5) is 17.5. The summed E-state index contributed by atoms with van der Waals surface area (Å²) in [5.74, 6) is 0. The molecule has 0 spiro atoms. The molecule has 100 valence electrons. The van der Waals surface area contributed by atoms with E-state index in [-0.39, 0.29) is 5.69 Å². The first-order chi connectivity index (χ1) is 9.22. The highest BCUT2D eigenvalue weighted by Gasteiger charge is 2.28. The number of hydrogen-bond donors (Lipinski definition) is 0. The van der Waals surface area contributed by atoms with Crippen LogP contribution in [-0.4, -0.2) is 43.9 Å². The molecule has 0 aliphatic carbocycles. The number of halogens is 1. The molecule has 0 aromatic carbocycles. The molecule has 19 heavy (non-hydrogen) atoms. The van der Waals surface area contributed by atoms with Crippen LogP contribution in [-0.2, 0) is 6.54 Å². The van der Waals surface area contributed by atoms with Gasteiger partial charge in [-0.1, -0.05) is 0 Å². The second-order valence-corrected chi connectivity index (χ2v) is 5.56. The number of rotatable bonds is 4. The monoisotopic (exact) mass is 323 g/mol. The normalized spacial score (nSPS) is 16.5. The molecule has 0 radical (unpaired) electrons. The molecule has 6 nitrogen and oxygen atoms in total. The molecule has 1 saturated heterocycles. The third-order valence-electron chi connectivity index (χ3n) is 3.32. The van der Waals surface area contributed by atoms with Gasteiger partial charge in [0.25, 0.3) is 0 Å². The average Bonchev–Trinajstić information content (AvgIpc) is 2.76. The summed E-state index contributed by atoms with van der Waals surface area (Å²) in [7, 11) is 0. The van der Waals surface area contributed by atoms with Gasteiger partial charge in [-0.15, -0.1) is 0 Å². The summed E-state index contributed by atoms with van der Waals surface area (Å²) in [5.41, 5.74) is -0.185. The predicted octanol–water partition coefficient (Wildman–Crippen LogP) is 0.759. The Morgan fingerprint density at radius 1 is 1.37 bits per heavy atom. The van der Waals surface area contributed by atoms with E-state index in [0.717, 1.165) is 24.1 Å². The van der Waals surface area contributed by atoms with Crippen molar-refractivity contribution in [3.63, 3.8) is 0 Å². The van der Waals surface area contributed by atoms with Crippen LogP contribution in [0.15, 0.2) is 40.1 Å². The lowest BCUT2D eigenvalue weighted by molar-refractivity contribution is 0.0941. The van der Waals surface area contributed by atoms with Gasteiger partial charge in [0, 0.05) is 44.8 Å². The van der Waals surface area contributed by atoms with E-state index in [1.165, 1.54) is 6.20 Å². The van der Waals surface area contributed by atoms with Crippen LogP contribution in [0.1, 0.15) is 6.04 Å². The molecule has 1 fully saturated rings. The summed E-state index contributed by atoms with van der Waals surface area (Å²) in [6, 6.07) is 2.22. The lowest BCUT2D eigenvalue weighted by Gasteiger charge is -2.39. The maximum absolute atomic E-state index is 11.4. The van der Waals surface area contributed by atoms with Crippen LogP contribution in [0.2, 0.25) is 0 Å². The Hall–Kier alpha value is -1.47. The average molecular weight is 324 g/mol. The van der Waals surface area contributed by atoms with Crippen LogP contribution >= 0.6 is 15.9 Å². The fraction of sp³-hybridized carbons (Fsp3) is 0.417. The summed E-state index contributed by atoms with van der Waals surface area (Å²) < 4.78 is 4.63. The molecule has 2 aromatic rings. The van der Waals surface area contributed by atoms with Crippen LogP contribution < -0.4 is 5.69 Å². The number of nitrogens with zero attached hydrogens (tertiary/aromatic N) is 5. The molecule has 3 rings (SSSR count). The van der Waals surface area contributed by atoms with E-state index in [1.54, 1.807) is 23.0 Å². The third kappa shape index (κ3) is 2.76. The van der Waals surface area contributed by atoms with Gasteiger partial charge in [-0.25, -0.2) is 9.78 Å². The molecule has 3 heterocycles. The molecule has 0 saturated carbocycles. The maximum Gasteiger partial charge on any atom is 0.347 e. The van der Waals surface area contributed by atoms with E-state index in [0.29, 0.717) is 12.6 Å². The van der Waals surface area contributed by atoms with Gasteiger partial charge in [-0.05, 0) is 22.0 Å². The van der Waals surface area contributed by atoms with Gasteiger partial charge in [0.15, 0.2) is 0 Å². The van der Waals surface area contributed by atoms with Crippen molar-refractivity contribution in [2.75, 3.05) is 19.6 Å². The van der Waals surface area contributed by atoms with Crippen molar-refractivity contribution in [1.82, 2.24) is 24.2 Å². The molecule has 7 heteroatoms. The Balaban J connectivity index is 1.50. The second kappa shape index (κ2) is 5.26. The SMILES string of the molecule is O=c1ncccn1CCN1CC(n2cc(Br)cn2)C1. The van der Waals surface area contributed by atoms with Crippen molar-refractivity contribution >= 4 is 15.9 Å². The predicted molar refractivity (Wildman–Crippen MR) is 73.9 cm³/mol.